The first-order valence-electron chi connectivity index (χ1n) is 6.86. The molecule has 0 aliphatic carbocycles. The van der Waals surface area contributed by atoms with Gasteiger partial charge in [0.15, 0.2) is 0 Å². The molecule has 2 saturated heterocycles. The molecule has 2 fully saturated rings. The van der Waals surface area contributed by atoms with Gasteiger partial charge in [0, 0.05) is 26.2 Å². The van der Waals surface area contributed by atoms with Crippen LogP contribution in [0.1, 0.15) is 19.3 Å². The van der Waals surface area contributed by atoms with Crippen LogP contribution in [0.3, 0.4) is 0 Å². The van der Waals surface area contributed by atoms with Crippen LogP contribution in [0.25, 0.3) is 0 Å². The summed E-state index contributed by atoms with van der Waals surface area (Å²) in [4.78, 5) is 27.3. The minimum atomic E-state index is -0.294. The molecule has 2 aliphatic heterocycles. The van der Waals surface area contributed by atoms with Crippen molar-refractivity contribution in [1.82, 2.24) is 9.80 Å². The van der Waals surface area contributed by atoms with E-state index in [1.807, 2.05) is 9.80 Å². The summed E-state index contributed by atoms with van der Waals surface area (Å²) in [5.74, 6) is -0.144. The predicted molar refractivity (Wildman–Crippen MR) is 68.4 cm³/mol. The average Bonchev–Trinajstić information content (AvgIpc) is 2.83. The van der Waals surface area contributed by atoms with Gasteiger partial charge in [-0.15, -0.1) is 0 Å². The van der Waals surface area contributed by atoms with Crippen molar-refractivity contribution >= 4 is 11.9 Å². The zero-order valence-electron chi connectivity index (χ0n) is 11.4. The van der Waals surface area contributed by atoms with Gasteiger partial charge in [-0.25, -0.2) is 0 Å². The molecule has 6 heteroatoms. The van der Waals surface area contributed by atoms with Crippen LogP contribution in [-0.4, -0.2) is 72.7 Å². The Bertz CT molecular complexity index is 340. The highest BCUT2D eigenvalue weighted by Gasteiger charge is 2.29. The number of rotatable bonds is 3. The van der Waals surface area contributed by atoms with E-state index < -0.39 is 0 Å². The Balaban J connectivity index is 1.75. The van der Waals surface area contributed by atoms with Gasteiger partial charge in [0.1, 0.15) is 0 Å². The third-order valence-electron chi connectivity index (χ3n) is 3.99. The van der Waals surface area contributed by atoms with Crippen LogP contribution in [0.5, 0.6) is 0 Å². The number of ether oxygens (including phenoxy) is 1. The zero-order valence-corrected chi connectivity index (χ0v) is 11.4. The normalized spacial score (nSPS) is 25.6. The van der Waals surface area contributed by atoms with Crippen LogP contribution in [-0.2, 0) is 14.3 Å². The number of amides is 1. The van der Waals surface area contributed by atoms with Gasteiger partial charge in [-0.3, -0.25) is 14.5 Å². The zero-order chi connectivity index (χ0) is 13.8. The van der Waals surface area contributed by atoms with Crippen LogP contribution in [0.2, 0.25) is 0 Å². The molecule has 0 aromatic heterocycles. The van der Waals surface area contributed by atoms with E-state index in [1.165, 1.54) is 7.11 Å². The SMILES string of the molecule is COC(=O)C1CCN(C(=O)CN2CC[C@@H](O)C2)CC1. The second-order valence-corrected chi connectivity index (χ2v) is 5.36. The molecule has 2 heterocycles. The third kappa shape index (κ3) is 3.67. The van der Waals surface area contributed by atoms with Gasteiger partial charge in [0.05, 0.1) is 25.7 Å². The summed E-state index contributed by atoms with van der Waals surface area (Å²) in [6.07, 6.45) is 1.82. The fourth-order valence-corrected chi connectivity index (χ4v) is 2.78. The van der Waals surface area contributed by atoms with Crippen LogP contribution >= 0.6 is 0 Å². The largest absolute Gasteiger partial charge is 0.469 e. The van der Waals surface area contributed by atoms with Crippen molar-refractivity contribution in [1.29, 1.82) is 0 Å². The lowest BCUT2D eigenvalue weighted by Gasteiger charge is -2.31. The number of hydrogen-bond donors (Lipinski definition) is 1. The minimum Gasteiger partial charge on any atom is -0.469 e. The summed E-state index contributed by atoms with van der Waals surface area (Å²) in [7, 11) is 1.40. The van der Waals surface area contributed by atoms with Crippen molar-refractivity contribution in [2.45, 2.75) is 25.4 Å². The van der Waals surface area contributed by atoms with Gasteiger partial charge in [-0.05, 0) is 19.3 Å². The topological polar surface area (TPSA) is 70.1 Å². The molecular weight excluding hydrogens is 248 g/mol. The Morgan fingerprint density at radius 3 is 2.42 bits per heavy atom. The van der Waals surface area contributed by atoms with Gasteiger partial charge in [0.25, 0.3) is 0 Å². The Labute approximate surface area is 113 Å². The molecule has 6 nitrogen and oxygen atoms in total. The summed E-state index contributed by atoms with van der Waals surface area (Å²) < 4.78 is 4.73. The fraction of sp³-hybridized carbons (Fsp3) is 0.846. The van der Waals surface area contributed by atoms with Crippen molar-refractivity contribution in [3.63, 3.8) is 0 Å². The van der Waals surface area contributed by atoms with Crippen LogP contribution in [0, 0.1) is 5.92 Å². The van der Waals surface area contributed by atoms with Crippen LogP contribution in [0.4, 0.5) is 0 Å². The molecule has 1 atom stereocenters. The molecule has 2 aliphatic rings. The molecule has 2 rings (SSSR count). The number of aliphatic hydroxyl groups is 1. The van der Waals surface area contributed by atoms with E-state index in [0.29, 0.717) is 39.0 Å². The Hall–Kier alpha value is -1.14. The van der Waals surface area contributed by atoms with Gasteiger partial charge >= 0.3 is 5.97 Å². The number of hydrogen-bond acceptors (Lipinski definition) is 5. The maximum atomic E-state index is 12.1. The number of methoxy groups -OCH3 is 1. The number of carbonyl (C=O) groups excluding carboxylic acids is 2. The smallest absolute Gasteiger partial charge is 0.308 e. The molecule has 0 aromatic rings. The van der Waals surface area contributed by atoms with E-state index in [0.717, 1.165) is 13.0 Å². The maximum Gasteiger partial charge on any atom is 0.308 e. The highest BCUT2D eigenvalue weighted by atomic mass is 16.5. The number of nitrogens with zero attached hydrogens (tertiary/aromatic N) is 2. The fourth-order valence-electron chi connectivity index (χ4n) is 2.78. The lowest BCUT2D eigenvalue weighted by molar-refractivity contribution is -0.149. The number of piperidine rings is 1. The minimum absolute atomic E-state index is 0.0670. The van der Waals surface area contributed by atoms with Crippen molar-refractivity contribution in [2.75, 3.05) is 39.8 Å². The molecule has 1 amide bonds. The quantitative estimate of drug-likeness (QED) is 0.698. The van der Waals surface area contributed by atoms with Crippen LogP contribution < -0.4 is 0 Å². The third-order valence-corrected chi connectivity index (χ3v) is 3.99. The Morgan fingerprint density at radius 1 is 1.21 bits per heavy atom. The molecule has 0 radical (unpaired) electrons. The first kappa shape index (κ1) is 14.3. The van der Waals surface area contributed by atoms with Crippen LogP contribution in [0.15, 0.2) is 0 Å². The van der Waals surface area contributed by atoms with E-state index in [1.54, 1.807) is 0 Å². The number of β-amino-alcohol motifs (C(OH)–C–C–N with tert-alkyl or cyclic N) is 1. The second kappa shape index (κ2) is 6.34. The van der Waals surface area contributed by atoms with Crippen molar-refractivity contribution in [2.24, 2.45) is 5.92 Å². The lowest BCUT2D eigenvalue weighted by Crippen LogP contribution is -2.45. The average molecular weight is 270 g/mol. The Morgan fingerprint density at radius 2 is 1.89 bits per heavy atom. The van der Waals surface area contributed by atoms with Gasteiger partial charge in [0.2, 0.25) is 5.91 Å². The van der Waals surface area contributed by atoms with E-state index in [2.05, 4.69) is 0 Å². The number of carbonyl (C=O) groups is 2. The standard InChI is InChI=1S/C13H22N2O4/c1-19-13(18)10-2-6-15(7-3-10)12(17)9-14-5-4-11(16)8-14/h10-11,16H,2-9H2,1H3/t11-/m1/s1. The number of esters is 1. The predicted octanol–water partition coefficient (Wildman–Crippen LogP) is -0.535. The second-order valence-electron chi connectivity index (χ2n) is 5.36. The molecule has 0 unspecified atom stereocenters. The summed E-state index contributed by atoms with van der Waals surface area (Å²) in [6.45, 7) is 2.99. The lowest BCUT2D eigenvalue weighted by atomic mass is 9.97. The van der Waals surface area contributed by atoms with Gasteiger partial charge in [-0.1, -0.05) is 0 Å². The number of aliphatic hydroxyl groups excluding tert-OH is 1. The van der Waals surface area contributed by atoms with Crippen molar-refractivity contribution < 1.29 is 19.4 Å². The van der Waals surface area contributed by atoms with E-state index in [-0.39, 0.29) is 23.9 Å². The summed E-state index contributed by atoms with van der Waals surface area (Å²) in [6, 6.07) is 0. The first-order valence-corrected chi connectivity index (χ1v) is 6.86. The van der Waals surface area contributed by atoms with Gasteiger partial charge in [-0.2, -0.15) is 0 Å². The molecule has 1 N–H and O–H groups in total. The molecule has 0 bridgehead atoms. The Kier molecular flexibility index (Phi) is 4.76. The molecule has 0 aromatic carbocycles. The highest BCUT2D eigenvalue weighted by Crippen LogP contribution is 2.19. The monoisotopic (exact) mass is 270 g/mol. The highest BCUT2D eigenvalue weighted by molar-refractivity contribution is 5.79. The molecule has 108 valence electrons. The van der Waals surface area contributed by atoms with E-state index in [9.17, 15) is 14.7 Å². The summed E-state index contributed by atoms with van der Waals surface area (Å²) >= 11 is 0. The van der Waals surface area contributed by atoms with Crippen molar-refractivity contribution in [3.05, 3.63) is 0 Å². The number of likely N-dealkylation sites (tertiary alicyclic amines) is 2. The molecule has 0 saturated carbocycles. The van der Waals surface area contributed by atoms with E-state index in [4.69, 9.17) is 4.74 Å². The molecular formula is C13H22N2O4. The molecule has 0 spiro atoms. The van der Waals surface area contributed by atoms with Crippen molar-refractivity contribution in [3.8, 4) is 0 Å². The summed E-state index contributed by atoms with van der Waals surface area (Å²) in [5.41, 5.74) is 0. The van der Waals surface area contributed by atoms with Gasteiger partial charge < -0.3 is 14.7 Å². The summed E-state index contributed by atoms with van der Waals surface area (Å²) in [5, 5.41) is 9.43. The first-order chi connectivity index (χ1) is 9.10. The maximum absolute atomic E-state index is 12.1. The van der Waals surface area contributed by atoms with E-state index >= 15 is 0 Å². The molecule has 19 heavy (non-hydrogen) atoms.